The SMILES string of the molecule is CCC1CN(C(=O)N2CC(OC)CC2C(=O)O)CCS1. The fourth-order valence-corrected chi connectivity index (χ4v) is 3.92. The lowest BCUT2D eigenvalue weighted by Gasteiger charge is -2.35. The van der Waals surface area contributed by atoms with Gasteiger partial charge in [0.05, 0.1) is 6.10 Å². The van der Waals surface area contributed by atoms with E-state index in [-0.39, 0.29) is 12.1 Å². The van der Waals surface area contributed by atoms with E-state index in [0.29, 0.717) is 31.3 Å². The van der Waals surface area contributed by atoms with E-state index in [2.05, 4.69) is 6.92 Å². The molecule has 0 aromatic rings. The second kappa shape index (κ2) is 6.67. The topological polar surface area (TPSA) is 70.1 Å². The molecule has 2 rings (SSSR count). The number of carbonyl (C=O) groups excluding carboxylic acids is 1. The molecule has 2 saturated heterocycles. The molecule has 2 heterocycles. The zero-order chi connectivity index (χ0) is 14.7. The molecule has 1 N–H and O–H groups in total. The number of urea groups is 1. The number of hydrogen-bond acceptors (Lipinski definition) is 4. The second-order valence-electron chi connectivity index (χ2n) is 5.23. The number of carbonyl (C=O) groups is 2. The van der Waals surface area contributed by atoms with E-state index in [0.717, 1.165) is 12.2 Å². The molecule has 0 aliphatic carbocycles. The quantitative estimate of drug-likeness (QED) is 0.845. The Morgan fingerprint density at radius 2 is 2.15 bits per heavy atom. The van der Waals surface area contributed by atoms with Gasteiger partial charge in [-0.3, -0.25) is 0 Å². The van der Waals surface area contributed by atoms with Crippen molar-refractivity contribution >= 4 is 23.8 Å². The smallest absolute Gasteiger partial charge is 0.326 e. The van der Waals surface area contributed by atoms with Crippen molar-refractivity contribution in [2.24, 2.45) is 0 Å². The number of rotatable bonds is 3. The van der Waals surface area contributed by atoms with Crippen molar-refractivity contribution in [3.8, 4) is 0 Å². The molecule has 0 radical (unpaired) electrons. The normalized spacial score (nSPS) is 30.6. The summed E-state index contributed by atoms with van der Waals surface area (Å²) in [4.78, 5) is 27.1. The molecule has 6 nitrogen and oxygen atoms in total. The Kier molecular flexibility index (Phi) is 5.15. The Hall–Kier alpha value is -0.950. The van der Waals surface area contributed by atoms with E-state index in [9.17, 15) is 14.7 Å². The van der Waals surface area contributed by atoms with E-state index in [1.54, 1.807) is 12.0 Å². The molecule has 2 aliphatic heterocycles. The summed E-state index contributed by atoms with van der Waals surface area (Å²) >= 11 is 1.89. The standard InChI is InChI=1S/C13H22N2O4S/c1-3-10-8-14(4-5-20-10)13(18)15-7-9(19-2)6-11(15)12(16)17/h9-11H,3-8H2,1-2H3,(H,16,17). The van der Waals surface area contributed by atoms with Gasteiger partial charge in [-0.25, -0.2) is 9.59 Å². The number of carboxylic acid groups (broad SMARTS) is 1. The molecule has 2 aliphatic rings. The maximum atomic E-state index is 12.6. The first-order chi connectivity index (χ1) is 9.56. The maximum Gasteiger partial charge on any atom is 0.326 e. The molecule has 0 saturated carbocycles. The third-order valence-electron chi connectivity index (χ3n) is 3.99. The predicted molar refractivity (Wildman–Crippen MR) is 77.0 cm³/mol. The van der Waals surface area contributed by atoms with Crippen LogP contribution in [0.1, 0.15) is 19.8 Å². The van der Waals surface area contributed by atoms with E-state index < -0.39 is 12.0 Å². The van der Waals surface area contributed by atoms with Crippen molar-refractivity contribution < 1.29 is 19.4 Å². The molecule has 7 heteroatoms. The largest absolute Gasteiger partial charge is 0.480 e. The van der Waals surface area contributed by atoms with Crippen LogP contribution in [0.5, 0.6) is 0 Å². The highest BCUT2D eigenvalue weighted by molar-refractivity contribution is 8.00. The van der Waals surface area contributed by atoms with Gasteiger partial charge >= 0.3 is 12.0 Å². The lowest BCUT2D eigenvalue weighted by Crippen LogP contribution is -2.51. The lowest BCUT2D eigenvalue weighted by molar-refractivity contribution is -0.141. The molecule has 20 heavy (non-hydrogen) atoms. The van der Waals surface area contributed by atoms with E-state index in [1.807, 2.05) is 11.8 Å². The Balaban J connectivity index is 2.04. The molecule has 3 unspecified atom stereocenters. The minimum absolute atomic E-state index is 0.157. The summed E-state index contributed by atoms with van der Waals surface area (Å²) in [6.45, 7) is 3.89. The van der Waals surface area contributed by atoms with Gasteiger partial charge in [0.1, 0.15) is 6.04 Å². The first-order valence-corrected chi connectivity index (χ1v) is 8.04. The number of amides is 2. The highest BCUT2D eigenvalue weighted by Crippen LogP contribution is 2.26. The number of ether oxygens (including phenoxy) is 1. The number of thioether (sulfide) groups is 1. The summed E-state index contributed by atoms with van der Waals surface area (Å²) in [5, 5.41) is 9.73. The molecule has 2 fully saturated rings. The first kappa shape index (κ1) is 15.4. The van der Waals surface area contributed by atoms with Gasteiger partial charge in [0.25, 0.3) is 0 Å². The van der Waals surface area contributed by atoms with Crippen LogP contribution in [0.25, 0.3) is 0 Å². The van der Waals surface area contributed by atoms with Gasteiger partial charge in [0, 0.05) is 44.2 Å². The molecule has 114 valence electrons. The van der Waals surface area contributed by atoms with E-state index >= 15 is 0 Å². The molecular weight excluding hydrogens is 280 g/mol. The van der Waals surface area contributed by atoms with Crippen molar-refractivity contribution in [2.75, 3.05) is 32.5 Å². The van der Waals surface area contributed by atoms with Crippen LogP contribution in [-0.2, 0) is 9.53 Å². The van der Waals surface area contributed by atoms with Gasteiger partial charge in [0.15, 0.2) is 0 Å². The fraction of sp³-hybridized carbons (Fsp3) is 0.846. The van der Waals surface area contributed by atoms with Crippen LogP contribution < -0.4 is 0 Å². The Labute approximate surface area is 123 Å². The third kappa shape index (κ3) is 3.20. The molecule has 2 amide bonds. The van der Waals surface area contributed by atoms with Gasteiger partial charge in [-0.15, -0.1) is 0 Å². The summed E-state index contributed by atoms with van der Waals surface area (Å²) in [6.07, 6.45) is 1.22. The van der Waals surface area contributed by atoms with Gasteiger partial charge in [-0.05, 0) is 6.42 Å². The number of carboxylic acids is 1. The molecule has 3 atom stereocenters. The minimum atomic E-state index is -0.948. The summed E-state index contributed by atoms with van der Waals surface area (Å²) in [5.41, 5.74) is 0. The zero-order valence-electron chi connectivity index (χ0n) is 11.9. The van der Waals surface area contributed by atoms with Crippen molar-refractivity contribution in [1.29, 1.82) is 0 Å². The van der Waals surface area contributed by atoms with Crippen LogP contribution in [0.3, 0.4) is 0 Å². The number of methoxy groups -OCH3 is 1. The van der Waals surface area contributed by atoms with Crippen molar-refractivity contribution in [3.05, 3.63) is 0 Å². The lowest BCUT2D eigenvalue weighted by atomic mass is 10.2. The minimum Gasteiger partial charge on any atom is -0.480 e. The summed E-state index contributed by atoms with van der Waals surface area (Å²) in [7, 11) is 1.56. The summed E-state index contributed by atoms with van der Waals surface area (Å²) < 4.78 is 5.22. The van der Waals surface area contributed by atoms with Crippen LogP contribution in [0.4, 0.5) is 4.79 Å². The maximum absolute atomic E-state index is 12.6. The van der Waals surface area contributed by atoms with E-state index in [1.165, 1.54) is 4.90 Å². The van der Waals surface area contributed by atoms with Gasteiger partial charge in [-0.2, -0.15) is 11.8 Å². The average Bonchev–Trinajstić information content (AvgIpc) is 2.91. The van der Waals surface area contributed by atoms with Crippen LogP contribution in [-0.4, -0.2) is 76.8 Å². The third-order valence-corrected chi connectivity index (χ3v) is 5.36. The Morgan fingerprint density at radius 1 is 1.40 bits per heavy atom. The second-order valence-corrected chi connectivity index (χ2v) is 6.64. The van der Waals surface area contributed by atoms with E-state index in [4.69, 9.17) is 4.74 Å². The number of aliphatic carboxylic acids is 1. The summed E-state index contributed by atoms with van der Waals surface area (Å²) in [5.74, 6) is -0.0277. The van der Waals surface area contributed by atoms with Crippen LogP contribution in [0.2, 0.25) is 0 Å². The number of hydrogen-bond donors (Lipinski definition) is 1. The van der Waals surface area contributed by atoms with Crippen LogP contribution in [0, 0.1) is 0 Å². The van der Waals surface area contributed by atoms with Gasteiger partial charge < -0.3 is 19.6 Å². The number of nitrogens with zero attached hydrogens (tertiary/aromatic N) is 2. The van der Waals surface area contributed by atoms with Crippen molar-refractivity contribution in [2.45, 2.75) is 37.2 Å². The fourth-order valence-electron chi connectivity index (χ4n) is 2.74. The van der Waals surface area contributed by atoms with Gasteiger partial charge in [-0.1, -0.05) is 6.92 Å². The van der Waals surface area contributed by atoms with Gasteiger partial charge in [0.2, 0.25) is 0 Å². The zero-order valence-corrected chi connectivity index (χ0v) is 12.8. The van der Waals surface area contributed by atoms with Crippen LogP contribution >= 0.6 is 11.8 Å². The average molecular weight is 302 g/mol. The molecule has 0 aromatic heterocycles. The Morgan fingerprint density at radius 3 is 2.75 bits per heavy atom. The monoisotopic (exact) mass is 302 g/mol. The first-order valence-electron chi connectivity index (χ1n) is 6.99. The van der Waals surface area contributed by atoms with Crippen molar-refractivity contribution in [1.82, 2.24) is 9.80 Å². The molecule has 0 bridgehead atoms. The van der Waals surface area contributed by atoms with Crippen molar-refractivity contribution in [3.63, 3.8) is 0 Å². The number of likely N-dealkylation sites (tertiary alicyclic amines) is 1. The molecule has 0 aromatic carbocycles. The molecular formula is C13H22N2O4S. The highest BCUT2D eigenvalue weighted by atomic mass is 32.2. The Bertz CT molecular complexity index is 379. The highest BCUT2D eigenvalue weighted by Gasteiger charge is 2.42. The predicted octanol–water partition coefficient (Wildman–Crippen LogP) is 1.11. The summed E-state index contributed by atoms with van der Waals surface area (Å²) in [6, 6.07) is -0.919. The van der Waals surface area contributed by atoms with Crippen LogP contribution in [0.15, 0.2) is 0 Å². The molecule has 0 spiro atoms.